The highest BCUT2D eigenvalue weighted by Gasteiger charge is 1.89. The van der Waals surface area contributed by atoms with Crippen molar-refractivity contribution in [1.82, 2.24) is 0 Å². The van der Waals surface area contributed by atoms with Gasteiger partial charge in [-0.1, -0.05) is 6.58 Å². The molecule has 0 aliphatic carbocycles. The van der Waals surface area contributed by atoms with Crippen molar-refractivity contribution < 1.29 is 14.3 Å². The Labute approximate surface area is 59.9 Å². The number of hydrogen-bond acceptors (Lipinski definition) is 3. The summed E-state index contributed by atoms with van der Waals surface area (Å²) in [6, 6.07) is 0. The first kappa shape index (κ1) is 8.75. The first-order valence-corrected chi connectivity index (χ1v) is 2.91. The van der Waals surface area contributed by atoms with Crippen molar-refractivity contribution in [3.63, 3.8) is 0 Å². The third kappa shape index (κ3) is 4.90. The van der Waals surface area contributed by atoms with Crippen molar-refractivity contribution in [2.75, 3.05) is 6.61 Å². The summed E-state index contributed by atoms with van der Waals surface area (Å²) < 4.78 is 9.08. The van der Waals surface area contributed by atoms with Crippen molar-refractivity contribution in [2.24, 2.45) is 0 Å². The van der Waals surface area contributed by atoms with Gasteiger partial charge >= 0.3 is 5.97 Å². The summed E-state index contributed by atoms with van der Waals surface area (Å²) >= 11 is 0. The van der Waals surface area contributed by atoms with Crippen molar-refractivity contribution in [1.29, 1.82) is 0 Å². The van der Waals surface area contributed by atoms with Gasteiger partial charge in [-0.05, 0) is 6.92 Å². The summed E-state index contributed by atoms with van der Waals surface area (Å²) in [5.74, 6) is -0.483. The second-order valence-corrected chi connectivity index (χ2v) is 1.36. The van der Waals surface area contributed by atoms with Crippen LogP contribution in [0.2, 0.25) is 0 Å². The minimum Gasteiger partial charge on any atom is -0.501 e. The molecule has 0 rings (SSSR count). The molecule has 0 N–H and O–H groups in total. The fourth-order valence-corrected chi connectivity index (χ4v) is 0.321. The van der Waals surface area contributed by atoms with Gasteiger partial charge in [-0.2, -0.15) is 0 Å². The van der Waals surface area contributed by atoms with Gasteiger partial charge < -0.3 is 9.47 Å². The molecule has 0 atom stereocenters. The van der Waals surface area contributed by atoms with E-state index in [1.54, 1.807) is 0 Å². The van der Waals surface area contributed by atoms with Crippen molar-refractivity contribution in [3.05, 3.63) is 25.2 Å². The molecule has 0 aromatic heterocycles. The molecule has 0 aromatic carbocycles. The Morgan fingerprint density at radius 1 is 1.70 bits per heavy atom. The fourth-order valence-electron chi connectivity index (χ4n) is 0.321. The van der Waals surface area contributed by atoms with Crippen LogP contribution in [0.1, 0.15) is 6.92 Å². The summed E-state index contributed by atoms with van der Waals surface area (Å²) in [6.45, 7) is 5.57. The molecule has 3 heteroatoms. The molecule has 0 bridgehead atoms. The molecule has 0 fully saturated rings. The van der Waals surface area contributed by atoms with Crippen LogP contribution in [0, 0.1) is 0 Å². The molecule has 0 radical (unpaired) electrons. The zero-order valence-corrected chi connectivity index (χ0v) is 5.87. The topological polar surface area (TPSA) is 35.5 Å². The van der Waals surface area contributed by atoms with Gasteiger partial charge in [-0.25, -0.2) is 4.79 Å². The van der Waals surface area contributed by atoms with E-state index in [0.717, 1.165) is 6.26 Å². The molecule has 56 valence electrons. The van der Waals surface area contributed by atoms with Crippen LogP contribution in [0.3, 0.4) is 0 Å². The summed E-state index contributed by atoms with van der Waals surface area (Å²) in [5, 5.41) is 0. The Hall–Kier alpha value is -1.25. The minimum absolute atomic E-state index is 0.483. The normalized spacial score (nSPS) is 9.30. The van der Waals surface area contributed by atoms with E-state index in [4.69, 9.17) is 4.74 Å². The van der Waals surface area contributed by atoms with Crippen LogP contribution in [-0.2, 0) is 14.3 Å². The zero-order chi connectivity index (χ0) is 7.82. The van der Waals surface area contributed by atoms with Gasteiger partial charge in [0.15, 0.2) is 0 Å². The maximum atomic E-state index is 10.5. The van der Waals surface area contributed by atoms with E-state index in [1.807, 2.05) is 6.92 Å². The molecule has 0 aromatic rings. The lowest BCUT2D eigenvalue weighted by atomic mass is 10.6. The molecule has 0 aliphatic rings. The number of ether oxygens (including phenoxy) is 2. The Kier molecular flexibility index (Phi) is 5.14. The third-order valence-electron chi connectivity index (χ3n) is 0.667. The lowest BCUT2D eigenvalue weighted by Crippen LogP contribution is -1.93. The summed E-state index contributed by atoms with van der Waals surface area (Å²) in [7, 11) is 0. The van der Waals surface area contributed by atoms with E-state index in [2.05, 4.69) is 11.3 Å². The Balaban J connectivity index is 3.45. The molecule has 0 unspecified atom stereocenters. The average molecular weight is 142 g/mol. The van der Waals surface area contributed by atoms with Crippen molar-refractivity contribution in [3.8, 4) is 0 Å². The molecule has 0 aliphatic heterocycles. The smallest absolute Gasteiger partial charge is 0.338 e. The first-order valence-electron chi connectivity index (χ1n) is 2.91. The van der Waals surface area contributed by atoms with Gasteiger partial charge in [0.1, 0.15) is 0 Å². The number of esters is 1. The molecular weight excluding hydrogens is 132 g/mol. The number of carbonyl (C=O) groups excluding carboxylic acids is 1. The highest BCUT2D eigenvalue weighted by Crippen LogP contribution is 1.82. The molecule has 3 nitrogen and oxygen atoms in total. The van der Waals surface area contributed by atoms with Gasteiger partial charge in [0.05, 0.1) is 25.2 Å². The SMILES string of the molecule is C=COC(=O)/C=C/OCC. The van der Waals surface area contributed by atoms with E-state index in [9.17, 15) is 4.79 Å². The molecule has 0 saturated carbocycles. The summed E-state index contributed by atoms with van der Waals surface area (Å²) in [6.07, 6.45) is 3.54. The van der Waals surface area contributed by atoms with Crippen LogP contribution in [0.25, 0.3) is 0 Å². The number of hydrogen-bond donors (Lipinski definition) is 0. The van der Waals surface area contributed by atoms with Gasteiger partial charge in [0.2, 0.25) is 0 Å². The van der Waals surface area contributed by atoms with Crippen molar-refractivity contribution in [2.45, 2.75) is 6.92 Å². The second kappa shape index (κ2) is 5.88. The minimum atomic E-state index is -0.483. The Morgan fingerprint density at radius 2 is 2.40 bits per heavy atom. The highest BCUT2D eigenvalue weighted by molar-refractivity contribution is 5.82. The van der Waals surface area contributed by atoms with Gasteiger partial charge in [0.25, 0.3) is 0 Å². The van der Waals surface area contributed by atoms with Gasteiger partial charge in [-0.15, -0.1) is 0 Å². The molecule has 10 heavy (non-hydrogen) atoms. The maximum Gasteiger partial charge on any atom is 0.338 e. The lowest BCUT2D eigenvalue weighted by molar-refractivity contribution is -0.132. The molecule has 0 spiro atoms. The Bertz CT molecular complexity index is 138. The van der Waals surface area contributed by atoms with E-state index >= 15 is 0 Å². The molecule has 0 amide bonds. The zero-order valence-electron chi connectivity index (χ0n) is 5.87. The number of rotatable bonds is 4. The van der Waals surface area contributed by atoms with Crippen LogP contribution in [0.5, 0.6) is 0 Å². The second-order valence-electron chi connectivity index (χ2n) is 1.36. The maximum absolute atomic E-state index is 10.5. The number of carbonyl (C=O) groups is 1. The summed E-state index contributed by atoms with van der Waals surface area (Å²) in [4.78, 5) is 10.5. The summed E-state index contributed by atoms with van der Waals surface area (Å²) in [5.41, 5.74) is 0. The highest BCUT2D eigenvalue weighted by atomic mass is 16.5. The quantitative estimate of drug-likeness (QED) is 0.336. The van der Waals surface area contributed by atoms with Crippen molar-refractivity contribution >= 4 is 5.97 Å². The Morgan fingerprint density at radius 3 is 2.90 bits per heavy atom. The lowest BCUT2D eigenvalue weighted by Gasteiger charge is -1.91. The monoisotopic (exact) mass is 142 g/mol. The van der Waals surface area contributed by atoms with E-state index < -0.39 is 5.97 Å². The predicted octanol–water partition coefficient (Wildman–Crippen LogP) is 1.22. The van der Waals surface area contributed by atoms with Crippen LogP contribution in [0.15, 0.2) is 25.2 Å². The van der Waals surface area contributed by atoms with Gasteiger partial charge in [0, 0.05) is 0 Å². The van der Waals surface area contributed by atoms with E-state index in [0.29, 0.717) is 6.61 Å². The van der Waals surface area contributed by atoms with Crippen LogP contribution >= 0.6 is 0 Å². The van der Waals surface area contributed by atoms with E-state index in [-0.39, 0.29) is 0 Å². The van der Waals surface area contributed by atoms with Crippen LogP contribution in [-0.4, -0.2) is 12.6 Å². The van der Waals surface area contributed by atoms with Crippen LogP contribution in [0.4, 0.5) is 0 Å². The predicted molar refractivity (Wildman–Crippen MR) is 37.1 cm³/mol. The van der Waals surface area contributed by atoms with Gasteiger partial charge in [-0.3, -0.25) is 0 Å². The average Bonchev–Trinajstić information content (AvgIpc) is 1.89. The fraction of sp³-hybridized carbons (Fsp3) is 0.286. The van der Waals surface area contributed by atoms with Crippen LogP contribution < -0.4 is 0 Å². The standard InChI is InChI=1S/C7H10O3/c1-3-9-6-5-7(8)10-4-2/h4-6H,2-3H2,1H3/b6-5+. The van der Waals surface area contributed by atoms with E-state index in [1.165, 1.54) is 12.3 Å². The molecular formula is C7H10O3. The molecule has 0 saturated heterocycles. The largest absolute Gasteiger partial charge is 0.501 e. The first-order chi connectivity index (χ1) is 4.81. The molecule has 0 heterocycles. The third-order valence-corrected chi connectivity index (χ3v) is 0.667.